The number of aliphatic hydroxyl groups is 1. The maximum Gasteiger partial charge on any atom is 0.188 e. The van der Waals surface area contributed by atoms with Crippen LogP contribution in [0.15, 0.2) is 29.9 Å². The van der Waals surface area contributed by atoms with Gasteiger partial charge in [0.2, 0.25) is 0 Å². The van der Waals surface area contributed by atoms with Crippen LogP contribution in [-0.4, -0.2) is 15.1 Å². The number of anilines is 2. The fourth-order valence-corrected chi connectivity index (χ4v) is 1.52. The molecule has 0 spiro atoms. The Kier molecular flexibility index (Phi) is 2.71. The highest BCUT2D eigenvalue weighted by Crippen LogP contribution is 2.16. The fraction of sp³-hybridized carbons (Fsp3) is 0.111. The van der Waals surface area contributed by atoms with E-state index in [1.54, 1.807) is 12.4 Å². The molecule has 0 aliphatic rings. The molecule has 0 saturated heterocycles. The van der Waals surface area contributed by atoms with Gasteiger partial charge in [0, 0.05) is 17.8 Å². The van der Waals surface area contributed by atoms with Gasteiger partial charge in [-0.1, -0.05) is 6.07 Å². The van der Waals surface area contributed by atoms with Crippen molar-refractivity contribution in [2.24, 2.45) is 0 Å². The summed E-state index contributed by atoms with van der Waals surface area (Å²) in [6.45, 7) is 0.0184. The minimum absolute atomic E-state index is 0.0184. The van der Waals surface area contributed by atoms with Gasteiger partial charge in [0.15, 0.2) is 5.13 Å². The zero-order valence-corrected chi connectivity index (χ0v) is 8.16. The molecule has 2 aromatic heterocycles. The third kappa shape index (κ3) is 2.07. The third-order valence-electron chi connectivity index (χ3n) is 1.67. The molecule has 0 amide bonds. The highest BCUT2D eigenvalue weighted by molar-refractivity contribution is 7.13. The normalized spacial score (nSPS) is 10.1. The van der Waals surface area contributed by atoms with Crippen molar-refractivity contribution in [3.8, 4) is 0 Å². The van der Waals surface area contributed by atoms with Crippen LogP contribution in [0.4, 0.5) is 10.9 Å². The van der Waals surface area contributed by atoms with Crippen LogP contribution in [-0.2, 0) is 6.61 Å². The van der Waals surface area contributed by atoms with E-state index in [9.17, 15) is 0 Å². The lowest BCUT2D eigenvalue weighted by Gasteiger charge is -2.01. The second-order valence-corrected chi connectivity index (χ2v) is 3.57. The molecule has 2 N–H and O–H groups in total. The van der Waals surface area contributed by atoms with Crippen molar-refractivity contribution in [1.29, 1.82) is 0 Å². The quantitative estimate of drug-likeness (QED) is 0.805. The van der Waals surface area contributed by atoms with E-state index in [0.29, 0.717) is 0 Å². The molecule has 2 rings (SSSR count). The molecule has 14 heavy (non-hydrogen) atoms. The predicted molar refractivity (Wildman–Crippen MR) is 55.6 cm³/mol. The summed E-state index contributed by atoms with van der Waals surface area (Å²) in [5.74, 6) is 0.733. The van der Waals surface area contributed by atoms with Gasteiger partial charge in [-0.05, 0) is 11.6 Å². The SMILES string of the molecule is OCc1ccc(Nc2nccs2)nc1. The lowest BCUT2D eigenvalue weighted by Crippen LogP contribution is -1.93. The Morgan fingerprint density at radius 2 is 2.29 bits per heavy atom. The number of pyridine rings is 1. The van der Waals surface area contributed by atoms with Crippen molar-refractivity contribution in [1.82, 2.24) is 9.97 Å². The Bertz CT molecular complexity index is 385. The number of nitrogens with one attached hydrogen (secondary N) is 1. The molecule has 0 aliphatic carbocycles. The van der Waals surface area contributed by atoms with Gasteiger partial charge in [0.1, 0.15) is 5.82 Å². The average Bonchev–Trinajstić information content (AvgIpc) is 2.72. The standard InChI is InChI=1S/C9H9N3OS/c13-6-7-1-2-8(11-5-7)12-9-10-3-4-14-9/h1-5,13H,6H2,(H,10,11,12). The number of thiazole rings is 1. The Balaban J connectivity index is 2.10. The Morgan fingerprint density at radius 1 is 1.36 bits per heavy atom. The third-order valence-corrected chi connectivity index (χ3v) is 2.36. The second kappa shape index (κ2) is 4.17. The smallest absolute Gasteiger partial charge is 0.188 e. The van der Waals surface area contributed by atoms with Crippen LogP contribution in [0.1, 0.15) is 5.56 Å². The summed E-state index contributed by atoms with van der Waals surface area (Å²) in [5, 5.41) is 14.6. The summed E-state index contributed by atoms with van der Waals surface area (Å²) in [6, 6.07) is 3.63. The molecule has 2 aromatic rings. The topological polar surface area (TPSA) is 58.0 Å². The van der Waals surface area contributed by atoms with Gasteiger partial charge in [0.25, 0.3) is 0 Å². The first-order valence-corrected chi connectivity index (χ1v) is 4.99. The van der Waals surface area contributed by atoms with Crippen molar-refractivity contribution < 1.29 is 5.11 Å². The number of aromatic nitrogens is 2. The van der Waals surface area contributed by atoms with Gasteiger partial charge >= 0.3 is 0 Å². The zero-order chi connectivity index (χ0) is 9.80. The van der Waals surface area contributed by atoms with Crippen LogP contribution in [0.25, 0.3) is 0 Å². The van der Waals surface area contributed by atoms with Gasteiger partial charge in [-0.3, -0.25) is 0 Å². The van der Waals surface area contributed by atoms with Crippen LogP contribution in [0.3, 0.4) is 0 Å². The van der Waals surface area contributed by atoms with E-state index in [2.05, 4.69) is 15.3 Å². The molecule has 4 nitrogen and oxygen atoms in total. The van der Waals surface area contributed by atoms with Crippen LogP contribution in [0, 0.1) is 0 Å². The molecule has 0 atom stereocenters. The maximum absolute atomic E-state index is 8.81. The van der Waals surface area contributed by atoms with E-state index in [4.69, 9.17) is 5.11 Å². The minimum atomic E-state index is 0.0184. The fourth-order valence-electron chi connectivity index (χ4n) is 0.987. The number of nitrogens with zero attached hydrogens (tertiary/aromatic N) is 2. The summed E-state index contributed by atoms with van der Waals surface area (Å²) in [4.78, 5) is 8.19. The molecule has 0 aliphatic heterocycles. The van der Waals surface area contributed by atoms with E-state index in [0.717, 1.165) is 16.5 Å². The maximum atomic E-state index is 8.81. The van der Waals surface area contributed by atoms with E-state index in [1.165, 1.54) is 11.3 Å². The summed E-state index contributed by atoms with van der Waals surface area (Å²) in [5.41, 5.74) is 0.801. The molecule has 0 saturated carbocycles. The molecule has 0 unspecified atom stereocenters. The first-order chi connectivity index (χ1) is 6.88. The minimum Gasteiger partial charge on any atom is -0.392 e. The molecule has 0 bridgehead atoms. The molecule has 5 heteroatoms. The first-order valence-electron chi connectivity index (χ1n) is 4.11. The number of aliphatic hydroxyl groups excluding tert-OH is 1. The monoisotopic (exact) mass is 207 g/mol. The lowest BCUT2D eigenvalue weighted by molar-refractivity contribution is 0.281. The average molecular weight is 207 g/mol. The van der Waals surface area contributed by atoms with E-state index >= 15 is 0 Å². The molecule has 72 valence electrons. The number of hydrogen-bond acceptors (Lipinski definition) is 5. The highest BCUT2D eigenvalue weighted by atomic mass is 32.1. The Hall–Kier alpha value is -1.46. The Labute approximate surface area is 85.3 Å². The highest BCUT2D eigenvalue weighted by Gasteiger charge is 1.97. The van der Waals surface area contributed by atoms with E-state index in [-0.39, 0.29) is 6.61 Å². The number of hydrogen-bond donors (Lipinski definition) is 2. The molecular formula is C9H9N3OS. The summed E-state index contributed by atoms with van der Waals surface area (Å²) >= 11 is 1.52. The molecule has 0 fully saturated rings. The zero-order valence-electron chi connectivity index (χ0n) is 7.34. The van der Waals surface area contributed by atoms with Crippen molar-refractivity contribution in [2.75, 3.05) is 5.32 Å². The first kappa shape index (κ1) is 9.11. The molecule has 0 radical (unpaired) electrons. The largest absolute Gasteiger partial charge is 0.392 e. The van der Waals surface area contributed by atoms with E-state index in [1.807, 2.05) is 17.5 Å². The summed E-state index contributed by atoms with van der Waals surface area (Å²) < 4.78 is 0. The van der Waals surface area contributed by atoms with Gasteiger partial charge in [-0.2, -0.15) is 0 Å². The predicted octanol–water partition coefficient (Wildman–Crippen LogP) is 1.77. The van der Waals surface area contributed by atoms with Crippen LogP contribution in [0.2, 0.25) is 0 Å². The van der Waals surface area contributed by atoms with Gasteiger partial charge in [-0.25, -0.2) is 9.97 Å². The van der Waals surface area contributed by atoms with Crippen molar-refractivity contribution in [3.05, 3.63) is 35.5 Å². The van der Waals surface area contributed by atoms with Gasteiger partial charge in [0.05, 0.1) is 6.61 Å². The van der Waals surface area contributed by atoms with Crippen LogP contribution in [0.5, 0.6) is 0 Å². The van der Waals surface area contributed by atoms with Crippen LogP contribution < -0.4 is 5.32 Å². The molecule has 0 aromatic carbocycles. The molecular weight excluding hydrogens is 198 g/mol. The van der Waals surface area contributed by atoms with Crippen LogP contribution >= 0.6 is 11.3 Å². The van der Waals surface area contributed by atoms with Crippen molar-refractivity contribution in [3.63, 3.8) is 0 Å². The second-order valence-electron chi connectivity index (χ2n) is 2.67. The number of rotatable bonds is 3. The van der Waals surface area contributed by atoms with Gasteiger partial charge in [-0.15, -0.1) is 11.3 Å². The summed E-state index contributed by atoms with van der Waals surface area (Å²) in [6.07, 6.45) is 3.37. The molecule has 2 heterocycles. The lowest BCUT2D eigenvalue weighted by atomic mass is 10.3. The van der Waals surface area contributed by atoms with Gasteiger partial charge < -0.3 is 10.4 Å². The summed E-state index contributed by atoms with van der Waals surface area (Å²) in [7, 11) is 0. The van der Waals surface area contributed by atoms with Crippen molar-refractivity contribution in [2.45, 2.75) is 6.61 Å². The van der Waals surface area contributed by atoms with Crippen molar-refractivity contribution >= 4 is 22.3 Å². The van der Waals surface area contributed by atoms with E-state index < -0.39 is 0 Å². The Morgan fingerprint density at radius 3 is 2.86 bits per heavy atom.